The lowest BCUT2D eigenvalue weighted by Crippen LogP contribution is -2.40. The number of carbonyl (C=O) groups is 1. The number of likely N-dealkylation sites (tertiary alicyclic amines) is 1. The number of rotatable bonds is 7. The van der Waals surface area contributed by atoms with Crippen LogP contribution in [-0.2, 0) is 9.84 Å². The number of nitrogen functional groups attached to an aromatic ring is 1. The van der Waals surface area contributed by atoms with Crippen LogP contribution < -0.4 is 15.8 Å². The van der Waals surface area contributed by atoms with E-state index in [1.54, 1.807) is 0 Å². The summed E-state index contributed by atoms with van der Waals surface area (Å²) in [5.41, 5.74) is 3.84. The lowest BCUT2D eigenvalue weighted by molar-refractivity contribution is 0.0938. The van der Waals surface area contributed by atoms with Crippen LogP contribution in [0.3, 0.4) is 0 Å². The molecule has 7 nitrogen and oxygen atoms in total. The van der Waals surface area contributed by atoms with Crippen LogP contribution in [0.2, 0.25) is 0 Å². The van der Waals surface area contributed by atoms with E-state index in [2.05, 4.69) is 0 Å². The van der Waals surface area contributed by atoms with Crippen molar-refractivity contribution < 1.29 is 34.4 Å². The van der Waals surface area contributed by atoms with E-state index in [1.165, 1.54) is 13.8 Å². The van der Waals surface area contributed by atoms with E-state index in [0.29, 0.717) is 4.90 Å². The minimum atomic E-state index is -4.32. The number of likely N-dealkylation sites (N-methyl/N-ethyl adjacent to an activating group) is 1. The van der Waals surface area contributed by atoms with Crippen LogP contribution in [0.5, 0.6) is 5.75 Å². The van der Waals surface area contributed by atoms with Gasteiger partial charge in [-0.25, -0.2) is 8.42 Å². The fourth-order valence-corrected chi connectivity index (χ4v) is 3.00. The number of carbonyl (C=O) groups excluding carboxylic acids is 1. The zero-order valence-electron chi connectivity index (χ0n) is 25.7. The first kappa shape index (κ1) is 8.73. The molecule has 1 aliphatic rings. The number of hydrogen-bond acceptors (Lipinski definition) is 6. The van der Waals surface area contributed by atoms with Gasteiger partial charge in [0.05, 0.1) is 35.8 Å². The summed E-state index contributed by atoms with van der Waals surface area (Å²) < 4.78 is 125. The van der Waals surface area contributed by atoms with Crippen molar-refractivity contribution in [3.05, 3.63) is 17.6 Å². The highest BCUT2D eigenvalue weighted by molar-refractivity contribution is 7.91. The number of hydrogen-bond donors (Lipinski definition) is 2. The Bertz CT molecular complexity index is 1210. The normalized spacial score (nSPS) is 34.8. The lowest BCUT2D eigenvalue weighted by atomic mass is 10.1. The second-order valence-corrected chi connectivity index (χ2v) is 7.15. The van der Waals surface area contributed by atoms with Gasteiger partial charge in [-0.05, 0) is 31.8 Å². The van der Waals surface area contributed by atoms with Gasteiger partial charge in [-0.2, -0.15) is 0 Å². The molecule has 1 aliphatic heterocycles. The Balaban J connectivity index is 2.70. The van der Waals surface area contributed by atoms with Gasteiger partial charge in [0.15, 0.2) is 9.84 Å². The lowest BCUT2D eigenvalue weighted by Gasteiger charge is -2.23. The molecule has 1 saturated heterocycles. The van der Waals surface area contributed by atoms with E-state index >= 15 is 0 Å². The molecule has 0 aliphatic carbocycles. The summed E-state index contributed by atoms with van der Waals surface area (Å²) in [5, 5.41) is 2.04. The molecule has 1 aromatic carbocycles. The van der Waals surface area contributed by atoms with Crippen molar-refractivity contribution in [3.63, 3.8) is 0 Å². The minimum Gasteiger partial charge on any atom is -0.496 e. The minimum absolute atomic E-state index is 0.347. The van der Waals surface area contributed by atoms with Crippen molar-refractivity contribution >= 4 is 21.4 Å². The molecule has 25 heavy (non-hydrogen) atoms. The van der Waals surface area contributed by atoms with E-state index in [1.807, 2.05) is 5.32 Å². The largest absolute Gasteiger partial charge is 0.496 e. The number of amides is 1. The highest BCUT2D eigenvalue weighted by Gasteiger charge is 2.25. The molecule has 0 bridgehead atoms. The highest BCUT2D eigenvalue weighted by Crippen LogP contribution is 2.29. The van der Waals surface area contributed by atoms with Gasteiger partial charge < -0.3 is 15.8 Å². The van der Waals surface area contributed by atoms with Crippen LogP contribution in [0.1, 0.15) is 53.4 Å². The number of nitrogens with one attached hydrogen (secondary N) is 1. The first-order chi connectivity index (χ1) is 16.5. The fourth-order valence-electron chi connectivity index (χ4n) is 2.07. The SMILES string of the molecule is [2H]c1c(N)c(S(=O)(=O)CC)c([2H])c(C(=O)NCC2([2H])N(CC)C([2H])([2H])C([2H])([2H])C2([2H])[2H])c1OC([2H])([2H])[2H]. The van der Waals surface area contributed by atoms with Crippen LogP contribution in [-0.4, -0.2) is 57.6 Å². The molecule has 1 atom stereocenters. The Morgan fingerprint density at radius 1 is 1.60 bits per heavy atom. The number of anilines is 1. The standard InChI is InChI=1S/C17H27N3O4S/c1-4-20-8-6-7-12(20)11-19-17(21)13-9-16(25(22,23)5-2)14(18)10-15(13)24-3/h9-10,12H,4-8,11,18H2,1-3H3,(H,19,21)/i3D3,6D2,7D2,8D2,9D,10D,12D. The molecule has 8 heteroatoms. The molecular formula is C17H27N3O4S. The molecule has 1 unspecified atom stereocenters. The van der Waals surface area contributed by atoms with Crippen molar-refractivity contribution in [2.24, 2.45) is 0 Å². The van der Waals surface area contributed by atoms with Gasteiger partial charge in [-0.1, -0.05) is 13.8 Å². The third-order valence-corrected chi connectivity index (χ3v) is 5.14. The molecule has 140 valence electrons. The summed E-state index contributed by atoms with van der Waals surface area (Å²) in [5.74, 6) is -3.09. The summed E-state index contributed by atoms with van der Waals surface area (Å²) in [6, 6.07) is -4.85. The van der Waals surface area contributed by atoms with Crippen molar-refractivity contribution in [1.29, 1.82) is 0 Å². The molecule has 1 fully saturated rings. The Kier molecular flexibility index (Phi) is 2.81. The van der Waals surface area contributed by atoms with Crippen molar-refractivity contribution in [1.82, 2.24) is 10.2 Å². The molecule has 1 heterocycles. The average Bonchev–Trinajstić information content (AvgIpc) is 2.81. The zero-order chi connectivity index (χ0) is 29.2. The Labute approximate surface area is 166 Å². The molecule has 0 radical (unpaired) electrons. The number of nitrogens with zero attached hydrogens (tertiary/aromatic N) is 1. The highest BCUT2D eigenvalue weighted by atomic mass is 32.2. The zero-order valence-corrected chi connectivity index (χ0v) is 14.5. The van der Waals surface area contributed by atoms with Crippen molar-refractivity contribution in [2.45, 2.75) is 37.5 Å². The van der Waals surface area contributed by atoms with Crippen LogP contribution in [0.15, 0.2) is 17.0 Å². The van der Waals surface area contributed by atoms with E-state index in [-0.39, 0.29) is 6.54 Å². The second kappa shape index (κ2) is 8.05. The summed E-state index contributed by atoms with van der Waals surface area (Å²) in [6.07, 6.45) is -6.41. The molecule has 0 spiro atoms. The molecule has 1 amide bonds. The van der Waals surface area contributed by atoms with Gasteiger partial charge in [-0.15, -0.1) is 0 Å². The first-order valence-corrected chi connectivity index (χ1v) is 9.01. The summed E-state index contributed by atoms with van der Waals surface area (Å²) in [7, 11) is -7.58. The first-order valence-electron chi connectivity index (χ1n) is 13.4. The van der Waals surface area contributed by atoms with Gasteiger partial charge in [0.2, 0.25) is 0 Å². The van der Waals surface area contributed by atoms with E-state index in [4.69, 9.17) is 26.9 Å². The van der Waals surface area contributed by atoms with Gasteiger partial charge in [0, 0.05) is 28.2 Å². The van der Waals surface area contributed by atoms with E-state index < -0.39 is 94.3 Å². The number of ether oxygens (including phenoxy) is 1. The monoisotopic (exact) mass is 381 g/mol. The maximum Gasteiger partial charge on any atom is 0.255 e. The topological polar surface area (TPSA) is 102 Å². The molecular weight excluding hydrogens is 342 g/mol. The molecule has 2 rings (SSSR count). The quantitative estimate of drug-likeness (QED) is 0.690. The van der Waals surface area contributed by atoms with Crippen LogP contribution in [0, 0.1) is 0 Å². The summed E-state index contributed by atoms with van der Waals surface area (Å²) in [6.45, 7) is -1.85. The molecule has 1 aromatic rings. The summed E-state index contributed by atoms with van der Waals surface area (Å²) >= 11 is 0. The molecule has 3 N–H and O–H groups in total. The van der Waals surface area contributed by atoms with Crippen molar-refractivity contribution in [3.8, 4) is 5.75 Å². The van der Waals surface area contributed by atoms with Crippen LogP contribution >= 0.6 is 0 Å². The van der Waals surface area contributed by atoms with Crippen molar-refractivity contribution in [2.75, 3.05) is 38.1 Å². The van der Waals surface area contributed by atoms with Crippen LogP contribution in [0.4, 0.5) is 5.69 Å². The Hall–Kier alpha value is -1.80. The van der Waals surface area contributed by atoms with E-state index in [0.717, 1.165) is 0 Å². The smallest absolute Gasteiger partial charge is 0.255 e. The Morgan fingerprint density at radius 3 is 3.00 bits per heavy atom. The van der Waals surface area contributed by atoms with Gasteiger partial charge in [-0.3, -0.25) is 9.69 Å². The maximum absolute atomic E-state index is 13.2. The van der Waals surface area contributed by atoms with Gasteiger partial charge >= 0.3 is 0 Å². The number of benzene rings is 1. The average molecular weight is 382 g/mol. The molecule has 0 saturated carbocycles. The number of sulfone groups is 1. The fraction of sp³-hybridized carbons (Fsp3) is 0.588. The van der Waals surface area contributed by atoms with Gasteiger partial charge in [0.1, 0.15) is 5.75 Å². The predicted octanol–water partition coefficient (Wildman–Crippen LogP) is 1.29. The summed E-state index contributed by atoms with van der Waals surface area (Å²) in [4.78, 5) is 12.8. The molecule has 0 aromatic heterocycles. The maximum atomic E-state index is 13.2. The third-order valence-electron chi connectivity index (χ3n) is 3.43. The van der Waals surface area contributed by atoms with Gasteiger partial charge in [0.25, 0.3) is 5.91 Å². The van der Waals surface area contributed by atoms with Crippen LogP contribution in [0.25, 0.3) is 0 Å². The van der Waals surface area contributed by atoms with E-state index in [9.17, 15) is 13.2 Å². The number of methoxy groups -OCH3 is 1. The predicted molar refractivity (Wildman–Crippen MR) is 97.7 cm³/mol. The number of nitrogens with two attached hydrogens (primary N) is 1. The third kappa shape index (κ3) is 4.24. The second-order valence-electron chi connectivity index (χ2n) is 4.94. The Morgan fingerprint density at radius 2 is 2.36 bits per heavy atom.